The maximum Gasteiger partial charge on any atom is 0.269 e. The van der Waals surface area contributed by atoms with E-state index in [0.29, 0.717) is 12.2 Å². The number of rotatable bonds is 4. The van der Waals surface area contributed by atoms with Gasteiger partial charge < -0.3 is 9.99 Å². The fourth-order valence-corrected chi connectivity index (χ4v) is 1.85. The summed E-state index contributed by atoms with van der Waals surface area (Å²) in [7, 11) is 0. The highest BCUT2D eigenvalue weighted by Gasteiger charge is 2.12. The molecule has 0 aliphatic carbocycles. The van der Waals surface area contributed by atoms with Crippen LogP contribution in [-0.4, -0.2) is 14.5 Å². The van der Waals surface area contributed by atoms with Crippen molar-refractivity contribution in [3.8, 4) is 0 Å². The van der Waals surface area contributed by atoms with Crippen molar-refractivity contribution < 1.29 is 4.92 Å². The van der Waals surface area contributed by atoms with Crippen LogP contribution in [0.25, 0.3) is 0 Å². The van der Waals surface area contributed by atoms with Gasteiger partial charge in [0, 0.05) is 23.4 Å². The first-order chi connectivity index (χ1) is 9.02. The number of non-ortho nitro benzene ring substituents is 1. The summed E-state index contributed by atoms with van der Waals surface area (Å²) in [5.74, 6) is 5.43. The number of hydrazine groups is 1. The van der Waals surface area contributed by atoms with Crippen LogP contribution in [0.1, 0.15) is 17.0 Å². The molecule has 0 aliphatic heterocycles. The normalized spacial score (nSPS) is 10.5. The molecule has 0 unspecified atom stereocenters. The van der Waals surface area contributed by atoms with Crippen molar-refractivity contribution in [3.05, 3.63) is 51.6 Å². The smallest absolute Gasteiger partial charge is 0.269 e. The molecular formula is C12H15N5O2. The Hall–Kier alpha value is -2.41. The van der Waals surface area contributed by atoms with Crippen molar-refractivity contribution in [2.75, 3.05) is 5.43 Å². The summed E-state index contributed by atoms with van der Waals surface area (Å²) in [4.78, 5) is 14.6. The lowest BCUT2D eigenvalue weighted by atomic mass is 10.1. The maximum atomic E-state index is 10.8. The number of anilines is 1. The average molecular weight is 261 g/mol. The molecule has 1 aromatic carbocycles. The number of nitrogens with zero attached hydrogens (tertiary/aromatic N) is 3. The van der Waals surface area contributed by atoms with E-state index in [1.807, 2.05) is 18.4 Å². The van der Waals surface area contributed by atoms with Gasteiger partial charge in [0.15, 0.2) is 0 Å². The van der Waals surface area contributed by atoms with E-state index in [1.54, 1.807) is 12.4 Å². The molecule has 0 aliphatic rings. The van der Waals surface area contributed by atoms with Crippen LogP contribution in [0.2, 0.25) is 0 Å². The van der Waals surface area contributed by atoms with Gasteiger partial charge in [0.05, 0.1) is 29.2 Å². The highest BCUT2D eigenvalue weighted by molar-refractivity contribution is 5.55. The number of nitrogen functional groups attached to an aromatic ring is 1. The Morgan fingerprint density at radius 1 is 1.47 bits per heavy atom. The third kappa shape index (κ3) is 2.55. The molecule has 7 heteroatoms. The third-order valence-electron chi connectivity index (χ3n) is 3.14. The number of hydrogen-bond acceptors (Lipinski definition) is 5. The van der Waals surface area contributed by atoms with Gasteiger partial charge in [-0.1, -0.05) is 0 Å². The molecular weight excluding hydrogens is 246 g/mol. The predicted molar refractivity (Wildman–Crippen MR) is 71.7 cm³/mol. The minimum atomic E-state index is -0.421. The number of benzene rings is 1. The number of nitro groups is 1. The zero-order valence-corrected chi connectivity index (χ0v) is 10.8. The summed E-state index contributed by atoms with van der Waals surface area (Å²) in [5, 5.41) is 10.8. The van der Waals surface area contributed by atoms with Crippen molar-refractivity contribution in [1.29, 1.82) is 0 Å². The van der Waals surface area contributed by atoms with Gasteiger partial charge in [-0.3, -0.25) is 16.0 Å². The lowest BCUT2D eigenvalue weighted by Gasteiger charge is -2.10. The third-order valence-corrected chi connectivity index (χ3v) is 3.14. The highest BCUT2D eigenvalue weighted by atomic mass is 16.6. The first-order valence-corrected chi connectivity index (χ1v) is 5.75. The van der Waals surface area contributed by atoms with Crippen molar-refractivity contribution in [3.63, 3.8) is 0 Å². The van der Waals surface area contributed by atoms with Gasteiger partial charge in [0.25, 0.3) is 5.69 Å². The monoisotopic (exact) mass is 261 g/mol. The van der Waals surface area contributed by atoms with Gasteiger partial charge in [0.1, 0.15) is 0 Å². The first kappa shape index (κ1) is 13.0. The number of nitro benzene ring substituents is 1. The molecule has 0 radical (unpaired) electrons. The summed E-state index contributed by atoms with van der Waals surface area (Å²) in [6, 6.07) is 4.54. The SMILES string of the molecule is Cc1ncn(Cc2cc([N+](=O)[O-])ccc2NN)c1C. The van der Waals surface area contributed by atoms with E-state index in [0.717, 1.165) is 17.0 Å². The molecule has 7 nitrogen and oxygen atoms in total. The van der Waals surface area contributed by atoms with Crippen LogP contribution in [0.5, 0.6) is 0 Å². The summed E-state index contributed by atoms with van der Waals surface area (Å²) < 4.78 is 1.93. The zero-order valence-electron chi connectivity index (χ0n) is 10.8. The van der Waals surface area contributed by atoms with Crippen LogP contribution < -0.4 is 11.3 Å². The Morgan fingerprint density at radius 3 is 2.74 bits per heavy atom. The van der Waals surface area contributed by atoms with Crippen LogP contribution >= 0.6 is 0 Å². The molecule has 0 fully saturated rings. The number of aromatic nitrogens is 2. The molecule has 0 spiro atoms. The summed E-state index contributed by atoms with van der Waals surface area (Å²) >= 11 is 0. The molecule has 3 N–H and O–H groups in total. The lowest BCUT2D eigenvalue weighted by Crippen LogP contribution is -2.11. The van der Waals surface area contributed by atoms with Gasteiger partial charge >= 0.3 is 0 Å². The van der Waals surface area contributed by atoms with E-state index in [9.17, 15) is 10.1 Å². The second-order valence-electron chi connectivity index (χ2n) is 4.29. The maximum absolute atomic E-state index is 10.8. The van der Waals surface area contributed by atoms with Gasteiger partial charge in [-0.25, -0.2) is 4.98 Å². The van der Waals surface area contributed by atoms with Crippen molar-refractivity contribution in [1.82, 2.24) is 9.55 Å². The first-order valence-electron chi connectivity index (χ1n) is 5.75. The number of imidazole rings is 1. The highest BCUT2D eigenvalue weighted by Crippen LogP contribution is 2.23. The Balaban J connectivity index is 2.40. The van der Waals surface area contributed by atoms with Crippen LogP contribution in [0, 0.1) is 24.0 Å². The van der Waals surface area contributed by atoms with Crippen molar-refractivity contribution >= 4 is 11.4 Å². The predicted octanol–water partition coefficient (Wildman–Crippen LogP) is 1.74. The molecule has 0 atom stereocenters. The van der Waals surface area contributed by atoms with Gasteiger partial charge in [-0.05, 0) is 19.9 Å². The lowest BCUT2D eigenvalue weighted by molar-refractivity contribution is -0.384. The van der Waals surface area contributed by atoms with E-state index in [-0.39, 0.29) is 5.69 Å². The van der Waals surface area contributed by atoms with Crippen molar-refractivity contribution in [2.45, 2.75) is 20.4 Å². The largest absolute Gasteiger partial charge is 0.330 e. The Bertz CT molecular complexity index is 621. The van der Waals surface area contributed by atoms with Crippen LogP contribution in [0.15, 0.2) is 24.5 Å². The molecule has 1 heterocycles. The number of aryl methyl sites for hydroxylation is 1. The quantitative estimate of drug-likeness (QED) is 0.496. The molecule has 2 aromatic rings. The Morgan fingerprint density at radius 2 is 2.21 bits per heavy atom. The Kier molecular flexibility index (Phi) is 3.48. The van der Waals surface area contributed by atoms with Crippen LogP contribution in [-0.2, 0) is 6.54 Å². The average Bonchev–Trinajstić information content (AvgIpc) is 2.70. The minimum absolute atomic E-state index is 0.0449. The van der Waals surface area contributed by atoms with Crippen LogP contribution in [0.4, 0.5) is 11.4 Å². The fraction of sp³-hybridized carbons (Fsp3) is 0.250. The van der Waals surface area contributed by atoms with Crippen molar-refractivity contribution in [2.24, 2.45) is 5.84 Å². The molecule has 0 saturated heterocycles. The van der Waals surface area contributed by atoms with Gasteiger partial charge in [0.2, 0.25) is 0 Å². The number of nitrogens with two attached hydrogens (primary N) is 1. The summed E-state index contributed by atoms with van der Waals surface area (Å²) in [5.41, 5.74) is 5.97. The molecule has 0 amide bonds. The Labute approximate surface area is 110 Å². The van der Waals surface area contributed by atoms with E-state index < -0.39 is 4.92 Å². The molecule has 19 heavy (non-hydrogen) atoms. The standard InChI is InChI=1S/C12H15N5O2/c1-8-9(2)16(7-14-8)6-10-5-11(17(18)19)3-4-12(10)15-13/h3-5,7,15H,6,13H2,1-2H3. The fourth-order valence-electron chi connectivity index (χ4n) is 1.85. The molecule has 0 saturated carbocycles. The molecule has 0 bridgehead atoms. The number of nitrogens with one attached hydrogen (secondary N) is 1. The van der Waals surface area contributed by atoms with E-state index >= 15 is 0 Å². The summed E-state index contributed by atoms with van der Waals surface area (Å²) in [6.07, 6.45) is 1.71. The van der Waals surface area contributed by atoms with Gasteiger partial charge in [-0.2, -0.15) is 0 Å². The molecule has 1 aromatic heterocycles. The molecule has 100 valence electrons. The van der Waals surface area contributed by atoms with E-state index in [1.165, 1.54) is 12.1 Å². The number of hydrogen-bond donors (Lipinski definition) is 2. The van der Waals surface area contributed by atoms with E-state index in [2.05, 4.69) is 10.4 Å². The molecule has 2 rings (SSSR count). The van der Waals surface area contributed by atoms with E-state index in [4.69, 9.17) is 5.84 Å². The van der Waals surface area contributed by atoms with Crippen LogP contribution in [0.3, 0.4) is 0 Å². The minimum Gasteiger partial charge on any atom is -0.330 e. The zero-order chi connectivity index (χ0) is 14.0. The van der Waals surface area contributed by atoms with Gasteiger partial charge in [-0.15, -0.1) is 0 Å². The second kappa shape index (κ2) is 5.07. The second-order valence-corrected chi connectivity index (χ2v) is 4.29. The topological polar surface area (TPSA) is 99.0 Å². The summed E-state index contributed by atoms with van der Waals surface area (Å²) in [6.45, 7) is 4.35.